The lowest BCUT2D eigenvalue weighted by molar-refractivity contribution is 0.0689. The summed E-state index contributed by atoms with van der Waals surface area (Å²) >= 11 is 0. The van der Waals surface area contributed by atoms with Crippen molar-refractivity contribution in [2.24, 2.45) is 0 Å². The summed E-state index contributed by atoms with van der Waals surface area (Å²) in [6.07, 6.45) is 2.95. The highest BCUT2D eigenvalue weighted by Gasteiger charge is 2.33. The first-order chi connectivity index (χ1) is 8.63. The summed E-state index contributed by atoms with van der Waals surface area (Å²) in [4.78, 5) is 28.8. The second-order valence-corrected chi connectivity index (χ2v) is 4.44. The number of pyridine rings is 1. The zero-order valence-electron chi connectivity index (χ0n) is 10.3. The Balaban J connectivity index is 2.21. The number of carbonyl (C=O) groups excluding carboxylic acids is 1. The average Bonchev–Trinajstić information content (AvgIpc) is 3.19. The molecule has 1 fully saturated rings. The van der Waals surface area contributed by atoms with Crippen LogP contribution in [-0.2, 0) is 0 Å². The molecule has 0 unspecified atom stereocenters. The Morgan fingerprint density at radius 2 is 2.06 bits per heavy atom. The molecule has 1 aliphatic carbocycles. The molecule has 1 N–H and O–H groups in total. The molecule has 1 aromatic heterocycles. The van der Waals surface area contributed by atoms with Crippen LogP contribution in [0.25, 0.3) is 0 Å². The number of amides is 1. The maximum Gasteiger partial charge on any atom is 0.354 e. The highest BCUT2D eigenvalue weighted by Crippen LogP contribution is 2.28. The van der Waals surface area contributed by atoms with Crippen LogP contribution in [0.2, 0.25) is 0 Å². The smallest absolute Gasteiger partial charge is 0.354 e. The van der Waals surface area contributed by atoms with Gasteiger partial charge in [0.2, 0.25) is 0 Å². The van der Waals surface area contributed by atoms with Crippen molar-refractivity contribution in [3.63, 3.8) is 0 Å². The van der Waals surface area contributed by atoms with Crippen LogP contribution in [0.1, 0.15) is 47.2 Å². The number of aromatic nitrogens is 1. The SMILES string of the molecule is CCCN(C(=O)c1cccc(C(=O)O)n1)C1CC1. The molecule has 2 rings (SSSR count). The summed E-state index contributed by atoms with van der Waals surface area (Å²) in [5, 5.41) is 8.87. The van der Waals surface area contributed by atoms with Crippen molar-refractivity contribution in [1.82, 2.24) is 9.88 Å². The van der Waals surface area contributed by atoms with Gasteiger partial charge in [-0.25, -0.2) is 9.78 Å². The maximum absolute atomic E-state index is 12.3. The van der Waals surface area contributed by atoms with Crippen LogP contribution in [0.4, 0.5) is 0 Å². The molecule has 96 valence electrons. The molecular formula is C13H16N2O3. The molecule has 5 heteroatoms. The molecule has 18 heavy (non-hydrogen) atoms. The second-order valence-electron chi connectivity index (χ2n) is 4.44. The number of aromatic carboxylic acids is 1. The summed E-state index contributed by atoms with van der Waals surface area (Å²) in [5.74, 6) is -1.28. The van der Waals surface area contributed by atoms with Crippen LogP contribution in [0.5, 0.6) is 0 Å². The summed E-state index contributed by atoms with van der Waals surface area (Å²) in [5.41, 5.74) is 0.128. The largest absolute Gasteiger partial charge is 0.477 e. The van der Waals surface area contributed by atoms with Gasteiger partial charge in [0, 0.05) is 12.6 Å². The fourth-order valence-corrected chi connectivity index (χ4v) is 1.90. The number of nitrogens with zero attached hydrogens (tertiary/aromatic N) is 2. The molecule has 0 saturated heterocycles. The number of carboxylic acid groups (broad SMARTS) is 1. The molecule has 0 atom stereocenters. The highest BCUT2D eigenvalue weighted by molar-refractivity contribution is 5.94. The number of carboxylic acids is 1. The van der Waals surface area contributed by atoms with E-state index in [1.807, 2.05) is 6.92 Å². The highest BCUT2D eigenvalue weighted by atomic mass is 16.4. The van der Waals surface area contributed by atoms with Crippen LogP contribution < -0.4 is 0 Å². The minimum Gasteiger partial charge on any atom is -0.477 e. The third-order valence-electron chi connectivity index (χ3n) is 2.90. The van der Waals surface area contributed by atoms with E-state index in [2.05, 4.69) is 4.98 Å². The Bertz CT molecular complexity index is 469. The van der Waals surface area contributed by atoms with E-state index in [1.165, 1.54) is 6.07 Å². The van der Waals surface area contributed by atoms with Crippen LogP contribution in [0, 0.1) is 0 Å². The Hall–Kier alpha value is -1.91. The maximum atomic E-state index is 12.3. The summed E-state index contributed by atoms with van der Waals surface area (Å²) < 4.78 is 0. The zero-order valence-corrected chi connectivity index (χ0v) is 10.3. The molecule has 0 radical (unpaired) electrons. The van der Waals surface area contributed by atoms with Gasteiger partial charge in [-0.15, -0.1) is 0 Å². The van der Waals surface area contributed by atoms with Crippen molar-refractivity contribution < 1.29 is 14.7 Å². The normalized spacial score (nSPS) is 14.3. The first-order valence-electron chi connectivity index (χ1n) is 6.14. The van der Waals surface area contributed by atoms with Gasteiger partial charge in [0.1, 0.15) is 11.4 Å². The predicted molar refractivity (Wildman–Crippen MR) is 65.5 cm³/mol. The van der Waals surface area contributed by atoms with Gasteiger partial charge in [0.15, 0.2) is 0 Å². The van der Waals surface area contributed by atoms with E-state index in [9.17, 15) is 9.59 Å². The topological polar surface area (TPSA) is 70.5 Å². The summed E-state index contributed by atoms with van der Waals surface area (Å²) in [6.45, 7) is 2.71. The number of hydrogen-bond acceptors (Lipinski definition) is 3. The van der Waals surface area contributed by atoms with Crippen molar-refractivity contribution >= 4 is 11.9 Å². The molecule has 0 bridgehead atoms. The fraction of sp³-hybridized carbons (Fsp3) is 0.462. The van der Waals surface area contributed by atoms with Gasteiger partial charge < -0.3 is 10.0 Å². The van der Waals surface area contributed by atoms with Gasteiger partial charge in [0.05, 0.1) is 0 Å². The van der Waals surface area contributed by atoms with Crippen molar-refractivity contribution in [2.75, 3.05) is 6.54 Å². The van der Waals surface area contributed by atoms with Gasteiger partial charge >= 0.3 is 5.97 Å². The van der Waals surface area contributed by atoms with Crippen LogP contribution in [-0.4, -0.2) is 39.5 Å². The van der Waals surface area contributed by atoms with E-state index in [4.69, 9.17) is 5.11 Å². The van der Waals surface area contributed by atoms with E-state index >= 15 is 0 Å². The standard InChI is InChI=1S/C13H16N2O3/c1-2-8-15(9-6-7-9)12(16)10-4-3-5-11(14-10)13(17)18/h3-5,9H,2,6-8H2,1H3,(H,17,18). The lowest BCUT2D eigenvalue weighted by atomic mass is 10.2. The van der Waals surface area contributed by atoms with Crippen LogP contribution >= 0.6 is 0 Å². The van der Waals surface area contributed by atoms with Gasteiger partial charge in [-0.2, -0.15) is 0 Å². The Morgan fingerprint density at radius 1 is 1.39 bits per heavy atom. The van der Waals surface area contributed by atoms with Crippen LogP contribution in [0.15, 0.2) is 18.2 Å². The molecule has 0 aromatic carbocycles. The number of rotatable bonds is 5. The molecule has 1 saturated carbocycles. The lowest BCUT2D eigenvalue weighted by Gasteiger charge is -2.21. The summed E-state index contributed by atoms with van der Waals surface area (Å²) in [6, 6.07) is 4.83. The Kier molecular flexibility index (Phi) is 3.60. The van der Waals surface area contributed by atoms with E-state index in [1.54, 1.807) is 17.0 Å². The number of hydrogen-bond donors (Lipinski definition) is 1. The molecule has 1 heterocycles. The van der Waals surface area contributed by atoms with Gasteiger partial charge in [-0.1, -0.05) is 13.0 Å². The third kappa shape index (κ3) is 2.67. The zero-order chi connectivity index (χ0) is 13.1. The summed E-state index contributed by atoms with van der Waals surface area (Å²) in [7, 11) is 0. The molecule has 1 aromatic rings. The van der Waals surface area contributed by atoms with E-state index < -0.39 is 5.97 Å². The van der Waals surface area contributed by atoms with Crippen molar-refractivity contribution in [3.8, 4) is 0 Å². The third-order valence-corrected chi connectivity index (χ3v) is 2.90. The molecule has 0 spiro atoms. The Morgan fingerprint density at radius 3 is 2.61 bits per heavy atom. The molecular weight excluding hydrogens is 232 g/mol. The van der Waals surface area contributed by atoms with E-state index in [-0.39, 0.29) is 17.3 Å². The second kappa shape index (κ2) is 5.16. The van der Waals surface area contributed by atoms with Gasteiger partial charge in [-0.3, -0.25) is 4.79 Å². The first kappa shape index (κ1) is 12.5. The first-order valence-corrected chi connectivity index (χ1v) is 6.14. The van der Waals surface area contributed by atoms with E-state index in [0.29, 0.717) is 12.6 Å². The molecule has 0 aliphatic heterocycles. The predicted octanol–water partition coefficient (Wildman–Crippen LogP) is 1.79. The minimum absolute atomic E-state index is 0.0897. The Labute approximate surface area is 105 Å². The van der Waals surface area contributed by atoms with Gasteiger partial charge in [0.25, 0.3) is 5.91 Å². The average molecular weight is 248 g/mol. The van der Waals surface area contributed by atoms with Crippen molar-refractivity contribution in [2.45, 2.75) is 32.2 Å². The molecule has 5 nitrogen and oxygen atoms in total. The monoisotopic (exact) mass is 248 g/mol. The fourth-order valence-electron chi connectivity index (χ4n) is 1.90. The minimum atomic E-state index is -1.11. The lowest BCUT2D eigenvalue weighted by Crippen LogP contribution is -2.34. The molecule has 1 aliphatic rings. The quantitative estimate of drug-likeness (QED) is 0.862. The number of carbonyl (C=O) groups is 2. The van der Waals surface area contributed by atoms with Crippen molar-refractivity contribution in [1.29, 1.82) is 0 Å². The van der Waals surface area contributed by atoms with E-state index in [0.717, 1.165) is 19.3 Å². The molecule has 1 amide bonds. The van der Waals surface area contributed by atoms with Crippen LogP contribution in [0.3, 0.4) is 0 Å². The van der Waals surface area contributed by atoms with Gasteiger partial charge in [-0.05, 0) is 31.4 Å². The van der Waals surface area contributed by atoms with Crippen molar-refractivity contribution in [3.05, 3.63) is 29.6 Å².